The molecule has 3 atom stereocenters. The fourth-order valence-corrected chi connectivity index (χ4v) is 3.37. The second kappa shape index (κ2) is 5.74. The van der Waals surface area contributed by atoms with Gasteiger partial charge in [-0.05, 0) is 31.2 Å². The smallest absolute Gasteiger partial charge is 0.220 e. The Morgan fingerprint density at radius 2 is 1.95 bits per heavy atom. The van der Waals surface area contributed by atoms with E-state index in [0.717, 1.165) is 19.3 Å². The van der Waals surface area contributed by atoms with Gasteiger partial charge in [0.25, 0.3) is 0 Å². The SMILES string of the molecule is O=C1CCCC[C@@H]2N[C@H](Cc3ccccc3)C[C@@H]2N1. The summed E-state index contributed by atoms with van der Waals surface area (Å²) >= 11 is 0. The molecule has 2 saturated heterocycles. The molecule has 2 fully saturated rings. The largest absolute Gasteiger partial charge is 0.352 e. The van der Waals surface area contributed by atoms with Crippen LogP contribution in [-0.2, 0) is 11.2 Å². The van der Waals surface area contributed by atoms with Crippen LogP contribution in [0, 0.1) is 0 Å². The summed E-state index contributed by atoms with van der Waals surface area (Å²) in [6.07, 6.45) is 6.21. The molecule has 0 aliphatic carbocycles. The first kappa shape index (κ1) is 12.7. The molecule has 0 bridgehead atoms. The molecule has 3 rings (SSSR count). The minimum Gasteiger partial charge on any atom is -0.352 e. The third-order valence-electron chi connectivity index (χ3n) is 4.31. The van der Waals surface area contributed by atoms with Crippen molar-refractivity contribution in [2.45, 2.75) is 56.7 Å². The van der Waals surface area contributed by atoms with E-state index in [2.05, 4.69) is 41.0 Å². The molecule has 0 radical (unpaired) electrons. The quantitative estimate of drug-likeness (QED) is 0.852. The fourth-order valence-electron chi connectivity index (χ4n) is 3.37. The van der Waals surface area contributed by atoms with E-state index < -0.39 is 0 Å². The second-order valence-electron chi connectivity index (χ2n) is 5.82. The Bertz CT molecular complexity index is 432. The molecule has 1 amide bonds. The van der Waals surface area contributed by atoms with Crippen molar-refractivity contribution in [1.29, 1.82) is 0 Å². The lowest BCUT2D eigenvalue weighted by atomic mass is 9.98. The Hall–Kier alpha value is -1.35. The predicted molar refractivity (Wildman–Crippen MR) is 75.9 cm³/mol. The molecule has 3 nitrogen and oxygen atoms in total. The number of fused-ring (bicyclic) bond motifs is 1. The van der Waals surface area contributed by atoms with Gasteiger partial charge in [0.2, 0.25) is 5.91 Å². The van der Waals surface area contributed by atoms with E-state index in [4.69, 9.17) is 0 Å². The number of hydrogen-bond donors (Lipinski definition) is 2. The van der Waals surface area contributed by atoms with E-state index in [1.165, 1.54) is 18.4 Å². The number of hydrogen-bond acceptors (Lipinski definition) is 2. The van der Waals surface area contributed by atoms with E-state index in [-0.39, 0.29) is 5.91 Å². The van der Waals surface area contributed by atoms with Crippen molar-refractivity contribution in [3.63, 3.8) is 0 Å². The van der Waals surface area contributed by atoms with Crippen LogP contribution in [0.25, 0.3) is 0 Å². The van der Waals surface area contributed by atoms with Crippen LogP contribution in [-0.4, -0.2) is 24.0 Å². The van der Waals surface area contributed by atoms with Crippen LogP contribution >= 0.6 is 0 Å². The highest BCUT2D eigenvalue weighted by molar-refractivity contribution is 5.76. The Labute approximate surface area is 114 Å². The summed E-state index contributed by atoms with van der Waals surface area (Å²) < 4.78 is 0. The van der Waals surface area contributed by atoms with Crippen LogP contribution in [0.2, 0.25) is 0 Å². The first-order valence-corrected chi connectivity index (χ1v) is 7.40. The standard InChI is InChI=1S/C16H22N2O/c19-16-9-5-4-8-14-15(18-16)11-13(17-14)10-12-6-2-1-3-7-12/h1-3,6-7,13-15,17H,4-5,8-11H2,(H,18,19)/t13-,14+,15+/m1/s1. The summed E-state index contributed by atoms with van der Waals surface area (Å²) in [4.78, 5) is 11.7. The van der Waals surface area contributed by atoms with E-state index in [1.54, 1.807) is 0 Å². The van der Waals surface area contributed by atoms with Gasteiger partial charge in [-0.2, -0.15) is 0 Å². The number of carbonyl (C=O) groups is 1. The Morgan fingerprint density at radius 1 is 1.11 bits per heavy atom. The number of benzene rings is 1. The molecule has 0 saturated carbocycles. The molecule has 102 valence electrons. The molecule has 19 heavy (non-hydrogen) atoms. The van der Waals surface area contributed by atoms with Crippen LogP contribution < -0.4 is 10.6 Å². The minimum atomic E-state index is 0.233. The van der Waals surface area contributed by atoms with Gasteiger partial charge in [-0.1, -0.05) is 36.8 Å². The van der Waals surface area contributed by atoms with Crippen LogP contribution in [0.4, 0.5) is 0 Å². The van der Waals surface area contributed by atoms with Crippen molar-refractivity contribution < 1.29 is 4.79 Å². The van der Waals surface area contributed by atoms with Crippen molar-refractivity contribution in [1.82, 2.24) is 10.6 Å². The van der Waals surface area contributed by atoms with Gasteiger partial charge in [0, 0.05) is 24.5 Å². The number of carbonyl (C=O) groups excluding carboxylic acids is 1. The normalized spacial score (nSPS) is 31.2. The van der Waals surface area contributed by atoms with Gasteiger partial charge >= 0.3 is 0 Å². The van der Waals surface area contributed by atoms with Crippen LogP contribution in [0.1, 0.15) is 37.7 Å². The van der Waals surface area contributed by atoms with Crippen LogP contribution in [0.5, 0.6) is 0 Å². The molecular weight excluding hydrogens is 236 g/mol. The molecule has 2 heterocycles. The van der Waals surface area contributed by atoms with Crippen molar-refractivity contribution in [2.75, 3.05) is 0 Å². The first-order chi connectivity index (χ1) is 9.31. The summed E-state index contributed by atoms with van der Waals surface area (Å²) in [6, 6.07) is 11.9. The Balaban J connectivity index is 1.63. The summed E-state index contributed by atoms with van der Waals surface area (Å²) in [5, 5.41) is 6.91. The minimum absolute atomic E-state index is 0.233. The molecule has 2 aliphatic heterocycles. The van der Waals surface area contributed by atoms with Gasteiger partial charge in [0.1, 0.15) is 0 Å². The molecule has 0 spiro atoms. The summed E-state index contributed by atoms with van der Waals surface area (Å²) in [7, 11) is 0. The zero-order chi connectivity index (χ0) is 13.1. The molecule has 2 aliphatic rings. The number of amides is 1. The highest BCUT2D eigenvalue weighted by Crippen LogP contribution is 2.23. The molecular formula is C16H22N2O. The van der Waals surface area contributed by atoms with E-state index >= 15 is 0 Å². The van der Waals surface area contributed by atoms with Crippen molar-refractivity contribution in [2.24, 2.45) is 0 Å². The third kappa shape index (κ3) is 3.16. The van der Waals surface area contributed by atoms with E-state index in [1.807, 2.05) is 0 Å². The van der Waals surface area contributed by atoms with E-state index in [9.17, 15) is 4.79 Å². The summed E-state index contributed by atoms with van der Waals surface area (Å²) in [5.41, 5.74) is 1.38. The predicted octanol–water partition coefficient (Wildman–Crippen LogP) is 2.02. The lowest BCUT2D eigenvalue weighted by Gasteiger charge is -2.23. The average molecular weight is 258 g/mol. The maximum absolute atomic E-state index is 11.7. The molecule has 3 heteroatoms. The van der Waals surface area contributed by atoms with Crippen molar-refractivity contribution in [3.05, 3.63) is 35.9 Å². The van der Waals surface area contributed by atoms with Crippen LogP contribution in [0.15, 0.2) is 30.3 Å². The number of rotatable bonds is 2. The highest BCUT2D eigenvalue weighted by atomic mass is 16.1. The van der Waals surface area contributed by atoms with Crippen molar-refractivity contribution >= 4 is 5.91 Å². The topological polar surface area (TPSA) is 41.1 Å². The Kier molecular flexibility index (Phi) is 3.83. The lowest BCUT2D eigenvalue weighted by Crippen LogP contribution is -2.44. The molecule has 0 aromatic heterocycles. The van der Waals surface area contributed by atoms with Gasteiger partial charge in [-0.15, -0.1) is 0 Å². The van der Waals surface area contributed by atoms with Gasteiger partial charge in [0.05, 0.1) is 0 Å². The molecule has 1 aromatic carbocycles. The van der Waals surface area contributed by atoms with E-state index in [0.29, 0.717) is 24.5 Å². The van der Waals surface area contributed by atoms with Gasteiger partial charge in [-0.25, -0.2) is 0 Å². The molecule has 2 N–H and O–H groups in total. The third-order valence-corrected chi connectivity index (χ3v) is 4.31. The summed E-state index contributed by atoms with van der Waals surface area (Å²) in [5.74, 6) is 0.233. The second-order valence-corrected chi connectivity index (χ2v) is 5.82. The zero-order valence-corrected chi connectivity index (χ0v) is 11.3. The fraction of sp³-hybridized carbons (Fsp3) is 0.562. The average Bonchev–Trinajstić information content (AvgIpc) is 2.75. The summed E-state index contributed by atoms with van der Waals surface area (Å²) in [6.45, 7) is 0. The molecule has 1 aromatic rings. The Morgan fingerprint density at radius 3 is 2.79 bits per heavy atom. The maximum Gasteiger partial charge on any atom is 0.220 e. The monoisotopic (exact) mass is 258 g/mol. The van der Waals surface area contributed by atoms with Crippen molar-refractivity contribution in [3.8, 4) is 0 Å². The lowest BCUT2D eigenvalue weighted by molar-refractivity contribution is -0.122. The molecule has 0 unspecified atom stereocenters. The maximum atomic E-state index is 11.7. The van der Waals surface area contributed by atoms with Crippen LogP contribution in [0.3, 0.4) is 0 Å². The first-order valence-electron chi connectivity index (χ1n) is 7.40. The number of nitrogens with one attached hydrogen (secondary N) is 2. The van der Waals surface area contributed by atoms with Gasteiger partial charge < -0.3 is 10.6 Å². The van der Waals surface area contributed by atoms with Gasteiger partial charge in [-0.3, -0.25) is 4.79 Å². The van der Waals surface area contributed by atoms with Gasteiger partial charge in [0.15, 0.2) is 0 Å². The highest BCUT2D eigenvalue weighted by Gasteiger charge is 2.34. The zero-order valence-electron chi connectivity index (χ0n) is 11.3.